The van der Waals surface area contributed by atoms with Crippen molar-refractivity contribution in [2.24, 2.45) is 5.73 Å². The van der Waals surface area contributed by atoms with E-state index in [1.807, 2.05) is 6.07 Å². The van der Waals surface area contributed by atoms with Gasteiger partial charge >= 0.3 is 0 Å². The first-order valence-electron chi connectivity index (χ1n) is 7.36. The molecule has 0 aliphatic heterocycles. The lowest BCUT2D eigenvalue weighted by Crippen LogP contribution is -2.03. The molecule has 2 rings (SSSR count). The third kappa shape index (κ3) is 3.84. The molecule has 0 radical (unpaired) electrons. The quantitative estimate of drug-likeness (QED) is 0.823. The van der Waals surface area contributed by atoms with Crippen LogP contribution in [0.2, 0.25) is 0 Å². The first-order chi connectivity index (χ1) is 9.85. The number of benzene rings is 2. The largest absolute Gasteiger partial charge is 0.493 e. The van der Waals surface area contributed by atoms with E-state index in [0.29, 0.717) is 6.54 Å². The van der Waals surface area contributed by atoms with E-state index >= 15 is 0 Å². The Morgan fingerprint density at radius 2 is 1.80 bits per heavy atom. The zero-order chi connectivity index (χ0) is 14.2. The summed E-state index contributed by atoms with van der Waals surface area (Å²) in [6.45, 7) is 3.60. The van der Waals surface area contributed by atoms with Gasteiger partial charge in [0.05, 0.1) is 6.61 Å². The molecule has 0 heterocycles. The predicted octanol–water partition coefficient (Wildman–Crippen LogP) is 4.03. The normalized spacial score (nSPS) is 10.5. The van der Waals surface area contributed by atoms with Crippen LogP contribution >= 0.6 is 0 Å². The van der Waals surface area contributed by atoms with Crippen molar-refractivity contribution < 1.29 is 4.74 Å². The lowest BCUT2D eigenvalue weighted by Gasteiger charge is -2.13. The highest BCUT2D eigenvalue weighted by atomic mass is 16.5. The van der Waals surface area contributed by atoms with E-state index in [0.717, 1.165) is 31.6 Å². The Bertz CT molecular complexity index is 522. The topological polar surface area (TPSA) is 35.2 Å². The molecular formula is C18H23NO. The molecule has 0 aliphatic rings. The van der Waals surface area contributed by atoms with Gasteiger partial charge in [0.1, 0.15) is 5.75 Å². The van der Waals surface area contributed by atoms with Gasteiger partial charge in [0.25, 0.3) is 0 Å². The van der Waals surface area contributed by atoms with Gasteiger partial charge < -0.3 is 10.5 Å². The number of rotatable bonds is 7. The van der Waals surface area contributed by atoms with E-state index in [4.69, 9.17) is 10.5 Å². The maximum Gasteiger partial charge on any atom is 0.122 e. The summed E-state index contributed by atoms with van der Waals surface area (Å²) in [5, 5.41) is 0. The monoisotopic (exact) mass is 269 g/mol. The average Bonchev–Trinajstić information content (AvgIpc) is 2.52. The van der Waals surface area contributed by atoms with Crippen molar-refractivity contribution in [3.05, 3.63) is 54.1 Å². The van der Waals surface area contributed by atoms with Crippen LogP contribution in [0.3, 0.4) is 0 Å². The molecule has 0 saturated carbocycles. The molecule has 0 saturated heterocycles. The highest BCUT2D eigenvalue weighted by Gasteiger charge is 2.06. The highest BCUT2D eigenvalue weighted by molar-refractivity contribution is 5.65. The van der Waals surface area contributed by atoms with Gasteiger partial charge in [-0.25, -0.2) is 0 Å². The molecule has 0 aromatic heterocycles. The second kappa shape index (κ2) is 7.71. The Hall–Kier alpha value is -1.80. The van der Waals surface area contributed by atoms with Crippen molar-refractivity contribution in [3.63, 3.8) is 0 Å². The number of nitrogens with two attached hydrogens (primary N) is 1. The average molecular weight is 269 g/mol. The summed E-state index contributed by atoms with van der Waals surface area (Å²) in [6.07, 6.45) is 2.98. The minimum atomic E-state index is 0.711. The van der Waals surface area contributed by atoms with Crippen molar-refractivity contribution in [3.8, 4) is 16.9 Å². The van der Waals surface area contributed by atoms with Crippen LogP contribution in [0.25, 0.3) is 11.1 Å². The second-order valence-electron chi connectivity index (χ2n) is 4.93. The summed E-state index contributed by atoms with van der Waals surface area (Å²) < 4.78 is 5.83. The first kappa shape index (κ1) is 14.6. The molecule has 0 fully saturated rings. The summed E-state index contributed by atoms with van der Waals surface area (Å²) in [5.74, 6) is 1.000. The summed E-state index contributed by atoms with van der Waals surface area (Å²) in [5.41, 5.74) is 9.37. The van der Waals surface area contributed by atoms with Crippen LogP contribution in [0.1, 0.15) is 25.3 Å². The Labute approximate surface area is 121 Å². The Kier molecular flexibility index (Phi) is 5.63. The minimum Gasteiger partial charge on any atom is -0.493 e. The molecule has 106 valence electrons. The molecule has 0 spiro atoms. The van der Waals surface area contributed by atoms with Gasteiger partial charge in [-0.3, -0.25) is 0 Å². The molecule has 0 bridgehead atoms. The molecule has 0 unspecified atom stereocenters. The fraction of sp³-hybridized carbons (Fsp3) is 0.333. The van der Waals surface area contributed by atoms with Crippen molar-refractivity contribution in [2.75, 3.05) is 13.2 Å². The predicted molar refractivity (Wildman–Crippen MR) is 85.0 cm³/mol. The van der Waals surface area contributed by atoms with Crippen molar-refractivity contribution in [2.45, 2.75) is 26.2 Å². The van der Waals surface area contributed by atoms with Crippen LogP contribution in [0.5, 0.6) is 5.75 Å². The molecule has 2 nitrogen and oxygen atoms in total. The van der Waals surface area contributed by atoms with E-state index < -0.39 is 0 Å². The second-order valence-corrected chi connectivity index (χ2v) is 4.93. The first-order valence-corrected chi connectivity index (χ1v) is 7.36. The van der Waals surface area contributed by atoms with Gasteiger partial charge in [-0.15, -0.1) is 0 Å². The SMILES string of the molecule is CCCOc1ccc(-c2ccccc2)cc1CCCN. The Morgan fingerprint density at radius 1 is 1.00 bits per heavy atom. The summed E-state index contributed by atoms with van der Waals surface area (Å²) in [4.78, 5) is 0. The van der Waals surface area contributed by atoms with E-state index in [-0.39, 0.29) is 0 Å². The van der Waals surface area contributed by atoms with Crippen molar-refractivity contribution in [1.82, 2.24) is 0 Å². The van der Waals surface area contributed by atoms with Crippen molar-refractivity contribution in [1.29, 1.82) is 0 Å². The number of ether oxygens (including phenoxy) is 1. The molecule has 0 aliphatic carbocycles. The van der Waals surface area contributed by atoms with E-state index in [2.05, 4.69) is 49.4 Å². The standard InChI is InChI=1S/C18H23NO/c1-2-13-20-18-11-10-16(14-17(18)9-6-12-19)15-7-4-3-5-8-15/h3-5,7-8,10-11,14H,2,6,9,12-13,19H2,1H3. The molecule has 2 N–H and O–H groups in total. The zero-order valence-electron chi connectivity index (χ0n) is 12.1. The molecule has 20 heavy (non-hydrogen) atoms. The molecule has 2 aromatic carbocycles. The zero-order valence-corrected chi connectivity index (χ0v) is 12.1. The van der Waals surface area contributed by atoms with Crippen LogP contribution in [-0.4, -0.2) is 13.2 Å². The van der Waals surface area contributed by atoms with Gasteiger partial charge in [0.2, 0.25) is 0 Å². The highest BCUT2D eigenvalue weighted by Crippen LogP contribution is 2.27. The summed E-state index contributed by atoms with van der Waals surface area (Å²) in [7, 11) is 0. The molecule has 2 heteroatoms. The van der Waals surface area contributed by atoms with Crippen LogP contribution in [0.15, 0.2) is 48.5 Å². The van der Waals surface area contributed by atoms with Crippen LogP contribution < -0.4 is 10.5 Å². The molecule has 0 atom stereocenters. The Morgan fingerprint density at radius 3 is 2.50 bits per heavy atom. The number of aryl methyl sites for hydroxylation is 1. The maximum absolute atomic E-state index is 5.83. The molecule has 0 amide bonds. The lowest BCUT2D eigenvalue weighted by molar-refractivity contribution is 0.314. The smallest absolute Gasteiger partial charge is 0.122 e. The van der Waals surface area contributed by atoms with Crippen LogP contribution in [0.4, 0.5) is 0 Å². The van der Waals surface area contributed by atoms with Gasteiger partial charge in [-0.2, -0.15) is 0 Å². The Balaban J connectivity index is 2.27. The van der Waals surface area contributed by atoms with Crippen molar-refractivity contribution >= 4 is 0 Å². The third-order valence-corrected chi connectivity index (χ3v) is 3.28. The number of hydrogen-bond acceptors (Lipinski definition) is 2. The van der Waals surface area contributed by atoms with Gasteiger partial charge in [-0.05, 0) is 54.6 Å². The van der Waals surface area contributed by atoms with Gasteiger partial charge in [-0.1, -0.05) is 43.3 Å². The van der Waals surface area contributed by atoms with Crippen LogP contribution in [-0.2, 0) is 6.42 Å². The fourth-order valence-electron chi connectivity index (χ4n) is 2.23. The molecule has 2 aromatic rings. The maximum atomic E-state index is 5.83. The minimum absolute atomic E-state index is 0.711. The van der Waals surface area contributed by atoms with E-state index in [1.54, 1.807) is 0 Å². The van der Waals surface area contributed by atoms with Gasteiger partial charge in [0, 0.05) is 0 Å². The summed E-state index contributed by atoms with van der Waals surface area (Å²) >= 11 is 0. The number of hydrogen-bond donors (Lipinski definition) is 1. The fourth-order valence-corrected chi connectivity index (χ4v) is 2.23. The van der Waals surface area contributed by atoms with Crippen LogP contribution in [0, 0.1) is 0 Å². The molecular weight excluding hydrogens is 246 g/mol. The summed E-state index contributed by atoms with van der Waals surface area (Å²) in [6, 6.07) is 16.9. The van der Waals surface area contributed by atoms with E-state index in [1.165, 1.54) is 16.7 Å². The van der Waals surface area contributed by atoms with Gasteiger partial charge in [0.15, 0.2) is 0 Å². The van der Waals surface area contributed by atoms with E-state index in [9.17, 15) is 0 Å². The lowest BCUT2D eigenvalue weighted by atomic mass is 10.00. The third-order valence-electron chi connectivity index (χ3n) is 3.28.